The number of ketones is 1. The number of hydrogen-bond acceptors (Lipinski definition) is 5. The van der Waals surface area contributed by atoms with Gasteiger partial charge in [-0.1, -0.05) is 29.3 Å². The van der Waals surface area contributed by atoms with Gasteiger partial charge in [0.1, 0.15) is 17.1 Å². The Bertz CT molecular complexity index is 1060. The van der Waals surface area contributed by atoms with E-state index in [0.29, 0.717) is 42.3 Å². The maximum atomic E-state index is 14.1. The molecule has 1 amide bonds. The molecule has 0 unspecified atom stereocenters. The van der Waals surface area contributed by atoms with Gasteiger partial charge in [0.25, 0.3) is 0 Å². The first-order valence-electron chi connectivity index (χ1n) is 11.3. The van der Waals surface area contributed by atoms with Crippen LogP contribution < -0.4 is 10.1 Å². The number of benzene rings is 2. The zero-order valence-electron chi connectivity index (χ0n) is 18.8. The Morgan fingerprint density at radius 2 is 1.76 bits per heavy atom. The third-order valence-electron chi connectivity index (χ3n) is 7.05. The zero-order valence-corrected chi connectivity index (χ0v) is 20.3. The third kappa shape index (κ3) is 4.80. The van der Waals surface area contributed by atoms with Crippen molar-refractivity contribution in [2.45, 2.75) is 43.2 Å². The minimum Gasteiger partial charge on any atom is -0.410 e. The van der Waals surface area contributed by atoms with Gasteiger partial charge in [0.15, 0.2) is 5.78 Å². The fourth-order valence-corrected chi connectivity index (χ4v) is 5.43. The molecule has 2 fully saturated rings. The molecule has 4 rings (SSSR count). The normalized spacial score (nSPS) is 26.8. The average molecular weight is 509 g/mol. The van der Waals surface area contributed by atoms with Gasteiger partial charge in [0, 0.05) is 32.0 Å². The van der Waals surface area contributed by atoms with E-state index in [4.69, 9.17) is 27.9 Å². The van der Waals surface area contributed by atoms with E-state index in [0.717, 1.165) is 5.56 Å². The molecule has 34 heavy (non-hydrogen) atoms. The summed E-state index contributed by atoms with van der Waals surface area (Å²) < 4.78 is 18.8. The Morgan fingerprint density at radius 3 is 2.41 bits per heavy atom. The van der Waals surface area contributed by atoms with Crippen molar-refractivity contribution in [3.8, 4) is 5.75 Å². The van der Waals surface area contributed by atoms with Crippen LogP contribution >= 0.6 is 23.2 Å². The Balaban J connectivity index is 1.70. The Morgan fingerprint density at radius 1 is 1.09 bits per heavy atom. The summed E-state index contributed by atoms with van der Waals surface area (Å²) in [6, 6.07) is 10.4. The highest BCUT2D eigenvalue weighted by Gasteiger charge is 2.56. The molecule has 1 aliphatic heterocycles. The highest BCUT2D eigenvalue weighted by Crippen LogP contribution is 2.43. The second-order valence-corrected chi connectivity index (χ2v) is 9.85. The van der Waals surface area contributed by atoms with Crippen molar-refractivity contribution in [1.29, 1.82) is 0 Å². The van der Waals surface area contributed by atoms with Crippen LogP contribution in [0.4, 0.5) is 9.18 Å². The smallest absolute Gasteiger partial charge is 0.410 e. The molecule has 2 N–H and O–H groups in total. The molecule has 1 saturated heterocycles. The van der Waals surface area contributed by atoms with Crippen LogP contribution in [0.3, 0.4) is 0 Å². The van der Waals surface area contributed by atoms with E-state index < -0.39 is 29.5 Å². The quantitative estimate of drug-likeness (QED) is 0.605. The summed E-state index contributed by atoms with van der Waals surface area (Å²) >= 11 is 12.4. The number of nitrogens with one attached hydrogen (secondary N) is 1. The number of halogens is 3. The minimum atomic E-state index is -1.23. The van der Waals surface area contributed by atoms with Crippen LogP contribution in [-0.4, -0.2) is 53.7 Å². The van der Waals surface area contributed by atoms with Gasteiger partial charge < -0.3 is 15.2 Å². The lowest BCUT2D eigenvalue weighted by atomic mass is 9.70. The lowest BCUT2D eigenvalue weighted by Crippen LogP contribution is -2.62. The zero-order chi connectivity index (χ0) is 24.5. The van der Waals surface area contributed by atoms with Crippen LogP contribution in [0, 0.1) is 11.7 Å². The number of carbonyl (C=O) groups excluding carboxylic acids is 2. The molecule has 1 heterocycles. The highest BCUT2D eigenvalue weighted by atomic mass is 35.5. The highest BCUT2D eigenvalue weighted by molar-refractivity contribution is 6.42. The van der Waals surface area contributed by atoms with Crippen molar-refractivity contribution < 1.29 is 23.8 Å². The summed E-state index contributed by atoms with van der Waals surface area (Å²) in [4.78, 5) is 28.8. The van der Waals surface area contributed by atoms with Crippen molar-refractivity contribution in [2.75, 3.05) is 20.1 Å². The molecular formula is C25H27Cl2FN2O4. The van der Waals surface area contributed by atoms with Crippen LogP contribution in [-0.2, 0) is 4.79 Å². The lowest BCUT2D eigenvalue weighted by Gasteiger charge is -2.43. The van der Waals surface area contributed by atoms with Crippen molar-refractivity contribution in [3.05, 3.63) is 63.9 Å². The Kier molecular flexibility index (Phi) is 7.48. The van der Waals surface area contributed by atoms with Gasteiger partial charge >= 0.3 is 6.09 Å². The number of aliphatic hydroxyl groups is 1. The van der Waals surface area contributed by atoms with E-state index in [1.165, 1.54) is 29.2 Å². The van der Waals surface area contributed by atoms with E-state index in [-0.39, 0.29) is 24.0 Å². The number of likely N-dealkylation sites (N-methyl/N-ethyl adjacent to an activating group) is 1. The van der Waals surface area contributed by atoms with Gasteiger partial charge in [-0.25, -0.2) is 9.18 Å². The number of ether oxygens (including phenoxy) is 1. The minimum absolute atomic E-state index is 0.0703. The molecule has 0 radical (unpaired) electrons. The lowest BCUT2D eigenvalue weighted by molar-refractivity contribution is -0.135. The van der Waals surface area contributed by atoms with E-state index in [1.807, 2.05) is 6.07 Å². The van der Waals surface area contributed by atoms with Crippen LogP contribution in [0.1, 0.15) is 37.2 Å². The van der Waals surface area contributed by atoms with Crippen LogP contribution in [0.2, 0.25) is 10.0 Å². The van der Waals surface area contributed by atoms with Crippen molar-refractivity contribution in [2.24, 2.45) is 5.92 Å². The fourth-order valence-electron chi connectivity index (χ4n) is 5.12. The Hall–Kier alpha value is -2.19. The van der Waals surface area contributed by atoms with Crippen molar-refractivity contribution >= 4 is 35.1 Å². The van der Waals surface area contributed by atoms with Crippen molar-refractivity contribution in [3.63, 3.8) is 0 Å². The molecule has 2 aliphatic rings. The number of amides is 1. The van der Waals surface area contributed by atoms with Crippen LogP contribution in [0.25, 0.3) is 0 Å². The number of nitrogens with zero attached hydrogens (tertiary/aromatic N) is 1. The number of carbonyl (C=O) groups is 2. The summed E-state index contributed by atoms with van der Waals surface area (Å²) in [5.41, 5.74) is -0.452. The van der Waals surface area contributed by atoms with Crippen LogP contribution in [0.5, 0.6) is 5.75 Å². The molecule has 1 aliphatic carbocycles. The van der Waals surface area contributed by atoms with Gasteiger partial charge in [-0.15, -0.1) is 0 Å². The van der Waals surface area contributed by atoms with E-state index in [2.05, 4.69) is 5.32 Å². The predicted molar refractivity (Wildman–Crippen MR) is 128 cm³/mol. The first-order valence-corrected chi connectivity index (χ1v) is 12.1. The second kappa shape index (κ2) is 10.2. The molecule has 2 aromatic carbocycles. The standard InChI is InChI=1S/C25H27Cl2FN2O4/c1-30(24(33)34-19-9-5-17(28)6-10-19)25(23(32)15-2-7-18(31)8-3-15)14-29-13-20(25)16-4-11-21(26)22(27)12-16/h4-6,9-12,15,18,20,29,31H,2-3,7-8,13-14H2,1H3/t15-,18-,20-,25+/m0/s1. The molecule has 0 bridgehead atoms. The molecule has 6 nitrogen and oxygen atoms in total. The number of rotatable bonds is 5. The first kappa shape index (κ1) is 24.9. The summed E-state index contributed by atoms with van der Waals surface area (Å²) in [5.74, 6) is -1.03. The van der Waals surface area contributed by atoms with Gasteiger partial charge in [0.2, 0.25) is 0 Å². The molecule has 0 aromatic heterocycles. The molecule has 2 aromatic rings. The third-order valence-corrected chi connectivity index (χ3v) is 7.79. The van der Waals surface area contributed by atoms with E-state index in [9.17, 15) is 19.1 Å². The van der Waals surface area contributed by atoms with E-state index in [1.54, 1.807) is 19.2 Å². The maximum Gasteiger partial charge on any atom is 0.415 e. The summed E-state index contributed by atoms with van der Waals surface area (Å²) in [6.45, 7) is 0.692. The monoisotopic (exact) mass is 508 g/mol. The molecule has 1 saturated carbocycles. The maximum absolute atomic E-state index is 14.1. The van der Waals surface area contributed by atoms with Crippen LogP contribution in [0.15, 0.2) is 42.5 Å². The largest absolute Gasteiger partial charge is 0.415 e. The molecule has 0 spiro atoms. The summed E-state index contributed by atoms with van der Waals surface area (Å²) in [7, 11) is 1.55. The predicted octanol–water partition coefficient (Wildman–Crippen LogP) is 4.81. The molecule has 9 heteroatoms. The molecule has 2 atom stereocenters. The molecule has 182 valence electrons. The number of Topliss-reactive ketones (excluding diaryl/α,β-unsaturated/α-hetero) is 1. The number of aliphatic hydroxyl groups excluding tert-OH is 1. The van der Waals surface area contributed by atoms with Crippen molar-refractivity contribution in [1.82, 2.24) is 10.2 Å². The number of hydrogen-bond donors (Lipinski definition) is 2. The summed E-state index contributed by atoms with van der Waals surface area (Å²) in [5, 5.41) is 14.0. The molecular weight excluding hydrogens is 482 g/mol. The first-order chi connectivity index (χ1) is 16.2. The Labute approximate surface area is 208 Å². The van der Waals surface area contributed by atoms with Gasteiger partial charge in [-0.05, 0) is 67.6 Å². The van der Waals surface area contributed by atoms with Gasteiger partial charge in [0.05, 0.1) is 16.1 Å². The van der Waals surface area contributed by atoms with E-state index >= 15 is 0 Å². The van der Waals surface area contributed by atoms with Gasteiger partial charge in [-0.3, -0.25) is 9.69 Å². The SMILES string of the molecule is CN(C(=O)Oc1ccc(F)cc1)[C@]1(C(=O)[C@H]2CC[C@H](O)CC2)CNC[C@H]1c1ccc(Cl)c(Cl)c1. The average Bonchev–Trinajstić information content (AvgIpc) is 3.28. The second-order valence-electron chi connectivity index (χ2n) is 9.03. The fraction of sp³-hybridized carbons (Fsp3) is 0.440. The van der Waals surface area contributed by atoms with Gasteiger partial charge in [-0.2, -0.15) is 0 Å². The topological polar surface area (TPSA) is 78.9 Å². The summed E-state index contributed by atoms with van der Waals surface area (Å²) in [6.07, 6.45) is 1.06.